The van der Waals surface area contributed by atoms with Crippen LogP contribution in [-0.4, -0.2) is 23.8 Å². The maximum absolute atomic E-state index is 5.31. The van der Waals surface area contributed by atoms with Crippen LogP contribution in [-0.2, 0) is 0 Å². The number of hydrogen-bond acceptors (Lipinski definition) is 3. The van der Waals surface area contributed by atoms with Crippen molar-refractivity contribution in [3.63, 3.8) is 0 Å². The van der Waals surface area contributed by atoms with Gasteiger partial charge in [0.1, 0.15) is 0 Å². The van der Waals surface area contributed by atoms with Crippen LogP contribution in [0.5, 0.6) is 11.5 Å². The molecule has 1 heterocycles. The SMILES string of the molecule is COc1cc2[nH]c(=S)n(C(C)C)c2cc1OC. The molecule has 0 spiro atoms. The van der Waals surface area contributed by atoms with Gasteiger partial charge < -0.3 is 19.0 Å². The Bertz CT molecular complexity index is 598. The molecule has 92 valence electrons. The summed E-state index contributed by atoms with van der Waals surface area (Å²) in [5.74, 6) is 1.41. The van der Waals surface area contributed by atoms with Gasteiger partial charge in [-0.25, -0.2) is 0 Å². The van der Waals surface area contributed by atoms with Gasteiger partial charge in [-0.15, -0.1) is 0 Å². The van der Waals surface area contributed by atoms with Crippen molar-refractivity contribution in [3.8, 4) is 11.5 Å². The smallest absolute Gasteiger partial charge is 0.178 e. The van der Waals surface area contributed by atoms with E-state index in [0.717, 1.165) is 11.0 Å². The predicted octanol–water partition coefficient (Wildman–Crippen LogP) is 3.30. The number of fused-ring (bicyclic) bond motifs is 1. The number of benzene rings is 1. The number of aromatic amines is 1. The molecule has 1 aromatic heterocycles. The number of rotatable bonds is 3. The van der Waals surface area contributed by atoms with E-state index in [0.29, 0.717) is 22.3 Å². The lowest BCUT2D eigenvalue weighted by molar-refractivity contribution is 0.355. The number of nitrogens with zero attached hydrogens (tertiary/aromatic N) is 1. The molecule has 2 rings (SSSR count). The minimum Gasteiger partial charge on any atom is -0.493 e. The summed E-state index contributed by atoms with van der Waals surface area (Å²) in [6, 6.07) is 4.15. The Balaban J connectivity index is 2.79. The molecule has 0 saturated carbocycles. The second-order valence-corrected chi connectivity index (χ2v) is 4.50. The van der Waals surface area contributed by atoms with E-state index in [1.165, 1.54) is 0 Å². The topological polar surface area (TPSA) is 39.2 Å². The first-order valence-electron chi connectivity index (χ1n) is 5.44. The summed E-state index contributed by atoms with van der Waals surface area (Å²) >= 11 is 5.31. The molecule has 0 aliphatic heterocycles. The van der Waals surface area contributed by atoms with Crippen molar-refractivity contribution in [2.75, 3.05) is 14.2 Å². The minimum absolute atomic E-state index is 0.300. The highest BCUT2D eigenvalue weighted by molar-refractivity contribution is 7.71. The molecule has 0 amide bonds. The van der Waals surface area contributed by atoms with Crippen LogP contribution in [0.4, 0.5) is 0 Å². The van der Waals surface area contributed by atoms with Gasteiger partial charge in [0.2, 0.25) is 0 Å². The van der Waals surface area contributed by atoms with E-state index in [-0.39, 0.29) is 0 Å². The fourth-order valence-electron chi connectivity index (χ4n) is 1.97. The first-order valence-corrected chi connectivity index (χ1v) is 5.85. The van der Waals surface area contributed by atoms with E-state index in [4.69, 9.17) is 21.7 Å². The molecule has 0 unspecified atom stereocenters. The third-order valence-electron chi connectivity index (χ3n) is 2.74. The maximum Gasteiger partial charge on any atom is 0.178 e. The fraction of sp³-hybridized carbons (Fsp3) is 0.417. The number of ether oxygens (including phenoxy) is 2. The van der Waals surface area contributed by atoms with Crippen LogP contribution >= 0.6 is 12.2 Å². The van der Waals surface area contributed by atoms with E-state index in [1.54, 1.807) is 14.2 Å². The van der Waals surface area contributed by atoms with Crippen molar-refractivity contribution in [3.05, 3.63) is 16.9 Å². The number of methoxy groups -OCH3 is 2. The van der Waals surface area contributed by atoms with Gasteiger partial charge in [0.25, 0.3) is 0 Å². The normalized spacial score (nSPS) is 11.1. The van der Waals surface area contributed by atoms with Gasteiger partial charge >= 0.3 is 0 Å². The second-order valence-electron chi connectivity index (χ2n) is 4.12. The lowest BCUT2D eigenvalue weighted by Gasteiger charge is -2.11. The summed E-state index contributed by atoms with van der Waals surface area (Å²) in [6.45, 7) is 4.19. The van der Waals surface area contributed by atoms with E-state index in [2.05, 4.69) is 23.4 Å². The molecule has 0 radical (unpaired) electrons. The molecule has 1 N–H and O–H groups in total. The van der Waals surface area contributed by atoms with Gasteiger partial charge in [0.15, 0.2) is 16.3 Å². The zero-order chi connectivity index (χ0) is 12.6. The number of H-pyrrole nitrogens is 1. The Labute approximate surface area is 105 Å². The third-order valence-corrected chi connectivity index (χ3v) is 3.04. The zero-order valence-electron chi connectivity index (χ0n) is 10.4. The Kier molecular flexibility index (Phi) is 3.11. The summed E-state index contributed by atoms with van der Waals surface area (Å²) in [7, 11) is 3.25. The summed E-state index contributed by atoms with van der Waals surface area (Å²) in [5, 5.41) is 0. The highest BCUT2D eigenvalue weighted by Gasteiger charge is 2.12. The summed E-state index contributed by atoms with van der Waals surface area (Å²) < 4.78 is 13.3. The van der Waals surface area contributed by atoms with Gasteiger partial charge in [-0.05, 0) is 26.1 Å². The number of imidazole rings is 1. The molecule has 0 saturated heterocycles. The van der Waals surface area contributed by atoms with Crippen molar-refractivity contribution in [2.45, 2.75) is 19.9 Å². The van der Waals surface area contributed by atoms with Crippen molar-refractivity contribution < 1.29 is 9.47 Å². The molecule has 1 aromatic carbocycles. The monoisotopic (exact) mass is 252 g/mol. The number of aromatic nitrogens is 2. The Morgan fingerprint density at radius 1 is 1.18 bits per heavy atom. The molecule has 5 heteroatoms. The molecule has 0 atom stereocenters. The Morgan fingerprint density at radius 2 is 1.76 bits per heavy atom. The lowest BCUT2D eigenvalue weighted by Crippen LogP contribution is -2.00. The van der Waals surface area contributed by atoms with Gasteiger partial charge in [-0.2, -0.15) is 0 Å². The van der Waals surface area contributed by atoms with Crippen LogP contribution in [0.3, 0.4) is 0 Å². The largest absolute Gasteiger partial charge is 0.493 e. The Morgan fingerprint density at radius 3 is 2.29 bits per heavy atom. The van der Waals surface area contributed by atoms with Gasteiger partial charge in [0.05, 0.1) is 25.3 Å². The van der Waals surface area contributed by atoms with Crippen molar-refractivity contribution in [1.82, 2.24) is 9.55 Å². The van der Waals surface area contributed by atoms with E-state index in [9.17, 15) is 0 Å². The Hall–Kier alpha value is -1.49. The van der Waals surface area contributed by atoms with Crippen LogP contribution in [0.1, 0.15) is 19.9 Å². The molecule has 17 heavy (non-hydrogen) atoms. The average molecular weight is 252 g/mol. The van der Waals surface area contributed by atoms with Crippen LogP contribution < -0.4 is 9.47 Å². The number of hydrogen-bond donors (Lipinski definition) is 1. The lowest BCUT2D eigenvalue weighted by atomic mass is 10.2. The molecule has 0 aliphatic rings. The molecular formula is C12H16N2O2S. The summed E-state index contributed by atoms with van der Waals surface area (Å²) in [5.41, 5.74) is 1.99. The van der Waals surface area contributed by atoms with Crippen LogP contribution in [0, 0.1) is 4.77 Å². The average Bonchev–Trinajstić information content (AvgIpc) is 2.61. The molecule has 0 fully saturated rings. The van der Waals surface area contributed by atoms with E-state index < -0.39 is 0 Å². The molecule has 2 aromatic rings. The molecule has 0 aliphatic carbocycles. The molecule has 0 bridgehead atoms. The summed E-state index contributed by atoms with van der Waals surface area (Å²) in [4.78, 5) is 3.18. The van der Waals surface area contributed by atoms with Crippen LogP contribution in [0.15, 0.2) is 12.1 Å². The third kappa shape index (κ3) is 1.91. The van der Waals surface area contributed by atoms with E-state index >= 15 is 0 Å². The minimum atomic E-state index is 0.300. The second kappa shape index (κ2) is 4.41. The zero-order valence-corrected chi connectivity index (χ0v) is 11.2. The van der Waals surface area contributed by atoms with Crippen molar-refractivity contribution in [1.29, 1.82) is 0 Å². The molecular weight excluding hydrogens is 236 g/mol. The highest BCUT2D eigenvalue weighted by atomic mass is 32.1. The maximum atomic E-state index is 5.31. The van der Waals surface area contributed by atoms with Crippen molar-refractivity contribution in [2.24, 2.45) is 0 Å². The quantitative estimate of drug-likeness (QED) is 0.852. The van der Waals surface area contributed by atoms with E-state index in [1.807, 2.05) is 12.1 Å². The van der Waals surface area contributed by atoms with Crippen LogP contribution in [0.25, 0.3) is 11.0 Å². The fourth-order valence-corrected chi connectivity index (χ4v) is 2.38. The van der Waals surface area contributed by atoms with Gasteiger partial charge in [-0.1, -0.05) is 0 Å². The first-order chi connectivity index (χ1) is 8.08. The molecule has 4 nitrogen and oxygen atoms in total. The van der Waals surface area contributed by atoms with Crippen molar-refractivity contribution >= 4 is 23.3 Å². The first kappa shape index (κ1) is 12.0. The van der Waals surface area contributed by atoms with Crippen LogP contribution in [0.2, 0.25) is 0 Å². The predicted molar refractivity (Wildman–Crippen MR) is 70.6 cm³/mol. The number of nitrogens with one attached hydrogen (secondary N) is 1. The van der Waals surface area contributed by atoms with Gasteiger partial charge in [0, 0.05) is 18.2 Å². The highest BCUT2D eigenvalue weighted by Crippen LogP contribution is 2.32. The van der Waals surface area contributed by atoms with Gasteiger partial charge in [-0.3, -0.25) is 0 Å². The standard InChI is InChI=1S/C12H16N2O2S/c1-7(2)14-9-6-11(16-4)10(15-3)5-8(9)13-12(14)17/h5-7H,1-4H3,(H,13,17). The summed E-state index contributed by atoms with van der Waals surface area (Å²) in [6.07, 6.45) is 0.